The van der Waals surface area contributed by atoms with Crippen molar-refractivity contribution in [3.8, 4) is 22.9 Å². The lowest BCUT2D eigenvalue weighted by Gasteiger charge is -2.13. The van der Waals surface area contributed by atoms with Crippen molar-refractivity contribution >= 4 is 10.8 Å². The Balaban J connectivity index is 2.31. The molecular formula is C18H18N2O4. The molecule has 6 nitrogen and oxygen atoms in total. The Morgan fingerprint density at radius 3 is 2.17 bits per heavy atom. The maximum absolute atomic E-state index is 13.0. The van der Waals surface area contributed by atoms with E-state index in [1.165, 1.54) is 11.8 Å². The van der Waals surface area contributed by atoms with E-state index >= 15 is 0 Å². The van der Waals surface area contributed by atoms with E-state index in [1.54, 1.807) is 50.6 Å². The highest BCUT2D eigenvalue weighted by molar-refractivity contribution is 5.90. The molecule has 0 aliphatic rings. The summed E-state index contributed by atoms with van der Waals surface area (Å²) in [6.45, 7) is 1.85. The molecule has 0 saturated carbocycles. The van der Waals surface area contributed by atoms with Gasteiger partial charge in [-0.25, -0.2) is 0 Å². The van der Waals surface area contributed by atoms with Crippen LogP contribution in [0.3, 0.4) is 0 Å². The topological polar surface area (TPSA) is 62.6 Å². The average Bonchev–Trinajstić information content (AvgIpc) is 2.63. The number of fused-ring (bicyclic) bond motifs is 1. The molecule has 24 heavy (non-hydrogen) atoms. The van der Waals surface area contributed by atoms with Gasteiger partial charge in [0.1, 0.15) is 17.2 Å². The first kappa shape index (κ1) is 15.9. The molecule has 0 bridgehead atoms. The predicted molar refractivity (Wildman–Crippen MR) is 91.7 cm³/mol. The summed E-state index contributed by atoms with van der Waals surface area (Å²) in [5.74, 6) is 1.79. The second-order valence-electron chi connectivity index (χ2n) is 5.25. The van der Waals surface area contributed by atoms with Gasteiger partial charge in [-0.3, -0.25) is 4.79 Å². The number of hydrogen-bond donors (Lipinski definition) is 0. The van der Waals surface area contributed by atoms with Crippen LogP contribution in [0.1, 0.15) is 5.69 Å². The van der Waals surface area contributed by atoms with Crippen molar-refractivity contribution in [2.45, 2.75) is 6.92 Å². The lowest BCUT2D eigenvalue weighted by atomic mass is 10.1. The molecule has 0 radical (unpaired) electrons. The molecule has 2 aromatic carbocycles. The van der Waals surface area contributed by atoms with Crippen molar-refractivity contribution in [2.24, 2.45) is 0 Å². The molecule has 124 valence electrons. The molecule has 3 aromatic rings. The molecule has 6 heteroatoms. The normalized spacial score (nSPS) is 10.7. The van der Waals surface area contributed by atoms with Crippen LogP contribution in [0.25, 0.3) is 16.5 Å². The number of aryl methyl sites for hydroxylation is 1. The first-order chi connectivity index (χ1) is 11.6. The van der Waals surface area contributed by atoms with Crippen molar-refractivity contribution in [3.05, 3.63) is 52.4 Å². The Bertz CT molecular complexity index is 946. The minimum absolute atomic E-state index is 0.250. The zero-order chi connectivity index (χ0) is 17.3. The fourth-order valence-electron chi connectivity index (χ4n) is 2.63. The highest BCUT2D eigenvalue weighted by Gasteiger charge is 2.15. The summed E-state index contributed by atoms with van der Waals surface area (Å²) in [5.41, 5.74) is 1.11. The molecule has 1 aromatic heterocycles. The molecule has 0 N–H and O–H groups in total. The first-order valence-corrected chi connectivity index (χ1v) is 7.39. The molecule has 0 spiro atoms. The van der Waals surface area contributed by atoms with Gasteiger partial charge in [0, 0.05) is 11.5 Å². The Morgan fingerprint density at radius 2 is 1.58 bits per heavy atom. The number of hydrogen-bond acceptors (Lipinski definition) is 5. The van der Waals surface area contributed by atoms with Crippen molar-refractivity contribution in [1.29, 1.82) is 0 Å². The monoisotopic (exact) mass is 326 g/mol. The van der Waals surface area contributed by atoms with Gasteiger partial charge in [0.2, 0.25) is 0 Å². The van der Waals surface area contributed by atoms with Crippen molar-refractivity contribution in [1.82, 2.24) is 9.78 Å². The lowest BCUT2D eigenvalue weighted by molar-refractivity contribution is 0.397. The fraction of sp³-hybridized carbons (Fsp3) is 0.222. The number of aromatic nitrogens is 2. The van der Waals surface area contributed by atoms with E-state index < -0.39 is 0 Å². The SMILES string of the molecule is COc1ccc(-n2nc(C)c3cc(OC)cc(OC)c3c2=O)cc1. The Labute approximate surface area is 139 Å². The van der Waals surface area contributed by atoms with Crippen LogP contribution in [0.5, 0.6) is 17.2 Å². The zero-order valence-electron chi connectivity index (χ0n) is 14.0. The molecule has 0 aliphatic heterocycles. The van der Waals surface area contributed by atoms with Crippen LogP contribution in [0, 0.1) is 6.92 Å². The average molecular weight is 326 g/mol. The number of rotatable bonds is 4. The van der Waals surface area contributed by atoms with E-state index in [4.69, 9.17) is 14.2 Å². The maximum Gasteiger partial charge on any atom is 0.283 e. The van der Waals surface area contributed by atoms with Crippen molar-refractivity contribution < 1.29 is 14.2 Å². The molecule has 0 unspecified atom stereocenters. The maximum atomic E-state index is 13.0. The summed E-state index contributed by atoms with van der Waals surface area (Å²) in [6.07, 6.45) is 0. The van der Waals surface area contributed by atoms with Crippen LogP contribution >= 0.6 is 0 Å². The summed E-state index contributed by atoms with van der Waals surface area (Å²) in [4.78, 5) is 13.0. The van der Waals surface area contributed by atoms with Gasteiger partial charge >= 0.3 is 0 Å². The van der Waals surface area contributed by atoms with Gasteiger partial charge in [-0.15, -0.1) is 0 Å². The van der Waals surface area contributed by atoms with Gasteiger partial charge in [-0.05, 0) is 37.3 Å². The van der Waals surface area contributed by atoms with E-state index in [0.717, 1.165) is 0 Å². The third-order valence-corrected chi connectivity index (χ3v) is 3.89. The van der Waals surface area contributed by atoms with Crippen LogP contribution < -0.4 is 19.8 Å². The molecule has 0 atom stereocenters. The summed E-state index contributed by atoms with van der Waals surface area (Å²) in [6, 6.07) is 10.6. The smallest absolute Gasteiger partial charge is 0.283 e. The van der Waals surface area contributed by atoms with Crippen LogP contribution in [-0.2, 0) is 0 Å². The van der Waals surface area contributed by atoms with Gasteiger partial charge < -0.3 is 14.2 Å². The van der Waals surface area contributed by atoms with E-state index in [1.807, 2.05) is 6.92 Å². The minimum atomic E-state index is -0.250. The summed E-state index contributed by atoms with van der Waals surface area (Å²) < 4.78 is 17.2. The fourth-order valence-corrected chi connectivity index (χ4v) is 2.63. The van der Waals surface area contributed by atoms with E-state index in [2.05, 4.69) is 5.10 Å². The van der Waals surface area contributed by atoms with Crippen LogP contribution in [0.2, 0.25) is 0 Å². The predicted octanol–water partition coefficient (Wildman–Crippen LogP) is 2.72. The summed E-state index contributed by atoms with van der Waals surface area (Å²) >= 11 is 0. The number of benzene rings is 2. The second-order valence-corrected chi connectivity index (χ2v) is 5.25. The van der Waals surface area contributed by atoms with E-state index in [-0.39, 0.29) is 5.56 Å². The molecule has 0 aliphatic carbocycles. The van der Waals surface area contributed by atoms with Crippen molar-refractivity contribution in [2.75, 3.05) is 21.3 Å². The van der Waals surface area contributed by atoms with Crippen molar-refractivity contribution in [3.63, 3.8) is 0 Å². The largest absolute Gasteiger partial charge is 0.497 e. The van der Waals surface area contributed by atoms with E-state index in [0.29, 0.717) is 39.4 Å². The minimum Gasteiger partial charge on any atom is -0.497 e. The molecule has 0 amide bonds. The highest BCUT2D eigenvalue weighted by Crippen LogP contribution is 2.30. The second kappa shape index (κ2) is 6.23. The molecular weight excluding hydrogens is 308 g/mol. The lowest BCUT2D eigenvalue weighted by Crippen LogP contribution is -2.23. The third-order valence-electron chi connectivity index (χ3n) is 3.89. The quantitative estimate of drug-likeness (QED) is 0.738. The molecule has 0 fully saturated rings. The van der Waals surface area contributed by atoms with Gasteiger partial charge in [0.05, 0.1) is 38.1 Å². The zero-order valence-corrected chi connectivity index (χ0v) is 14.0. The Morgan fingerprint density at radius 1 is 0.917 bits per heavy atom. The number of ether oxygens (including phenoxy) is 3. The first-order valence-electron chi connectivity index (χ1n) is 7.39. The van der Waals surface area contributed by atoms with Gasteiger partial charge in [0.15, 0.2) is 0 Å². The number of nitrogens with zero attached hydrogens (tertiary/aromatic N) is 2. The van der Waals surface area contributed by atoms with Crippen LogP contribution in [0.4, 0.5) is 0 Å². The van der Waals surface area contributed by atoms with Gasteiger partial charge in [-0.1, -0.05) is 0 Å². The third kappa shape index (κ3) is 2.56. The van der Waals surface area contributed by atoms with Gasteiger partial charge in [0.25, 0.3) is 5.56 Å². The van der Waals surface area contributed by atoms with Crippen LogP contribution in [0.15, 0.2) is 41.2 Å². The molecule has 0 saturated heterocycles. The van der Waals surface area contributed by atoms with E-state index in [9.17, 15) is 4.79 Å². The summed E-state index contributed by atoms with van der Waals surface area (Å²) in [5, 5.41) is 5.61. The molecule has 3 rings (SSSR count). The number of methoxy groups -OCH3 is 3. The standard InChI is InChI=1S/C18H18N2O4/c1-11-15-9-14(23-3)10-16(24-4)17(15)18(21)20(19-11)12-5-7-13(22-2)8-6-12/h5-10H,1-4H3. The molecule has 1 heterocycles. The summed E-state index contributed by atoms with van der Waals surface area (Å²) in [7, 11) is 4.70. The Hall–Kier alpha value is -3.02. The Kier molecular flexibility index (Phi) is 4.12. The van der Waals surface area contributed by atoms with Crippen LogP contribution in [-0.4, -0.2) is 31.1 Å². The highest BCUT2D eigenvalue weighted by atomic mass is 16.5. The van der Waals surface area contributed by atoms with Gasteiger partial charge in [-0.2, -0.15) is 9.78 Å².